The van der Waals surface area contributed by atoms with Gasteiger partial charge in [-0.1, -0.05) is 6.07 Å². The molecular weight excluding hydrogens is 305 g/mol. The first-order chi connectivity index (χ1) is 10.6. The van der Waals surface area contributed by atoms with Gasteiger partial charge in [0.2, 0.25) is 0 Å². The van der Waals surface area contributed by atoms with Gasteiger partial charge >= 0.3 is 0 Å². The van der Waals surface area contributed by atoms with Crippen LogP contribution in [0.15, 0.2) is 18.2 Å². The van der Waals surface area contributed by atoms with E-state index in [0.717, 1.165) is 12.0 Å². The van der Waals surface area contributed by atoms with Crippen molar-refractivity contribution >= 4 is 17.5 Å². The lowest BCUT2D eigenvalue weighted by molar-refractivity contribution is 0.302. The maximum atomic E-state index is 14.4. The zero-order valence-electron chi connectivity index (χ0n) is 13.1. The van der Waals surface area contributed by atoms with Crippen molar-refractivity contribution in [2.24, 2.45) is 0 Å². The lowest BCUT2D eigenvalue weighted by atomic mass is 9.90. The van der Waals surface area contributed by atoms with Crippen molar-refractivity contribution in [2.45, 2.75) is 44.2 Å². The Bertz CT molecular complexity index is 531. The topological polar surface area (TPSA) is 42.3 Å². The van der Waals surface area contributed by atoms with E-state index in [-0.39, 0.29) is 11.8 Å². The molecule has 0 aliphatic heterocycles. The summed E-state index contributed by atoms with van der Waals surface area (Å²) in [6, 6.07) is 5.40. The largest absolute Gasteiger partial charge is 0.496 e. The molecule has 1 aliphatic rings. The molecule has 0 aromatic heterocycles. The number of hydrogen-bond donors (Lipinski definition) is 1. The lowest BCUT2D eigenvalue weighted by Gasteiger charge is -2.22. The molecule has 1 aliphatic carbocycles. The van der Waals surface area contributed by atoms with Gasteiger partial charge in [-0.15, -0.1) is 11.6 Å². The van der Waals surface area contributed by atoms with Crippen LogP contribution in [0.4, 0.5) is 4.39 Å². The van der Waals surface area contributed by atoms with Crippen LogP contribution in [-0.4, -0.2) is 25.5 Å². The van der Waals surface area contributed by atoms with Crippen molar-refractivity contribution in [3.05, 3.63) is 29.3 Å². The highest BCUT2D eigenvalue weighted by Gasteiger charge is 2.45. The van der Waals surface area contributed by atoms with E-state index in [1.807, 2.05) is 13.0 Å². The molecule has 0 bridgehead atoms. The second kappa shape index (κ2) is 7.32. The van der Waals surface area contributed by atoms with E-state index in [9.17, 15) is 4.39 Å². The van der Waals surface area contributed by atoms with Crippen LogP contribution in [0.5, 0.6) is 5.75 Å². The minimum atomic E-state index is -1.20. The van der Waals surface area contributed by atoms with Crippen molar-refractivity contribution in [1.82, 2.24) is 0 Å². The van der Waals surface area contributed by atoms with Gasteiger partial charge in [0, 0.05) is 11.4 Å². The number of methoxy groups -OCH3 is 1. The van der Waals surface area contributed by atoms with Crippen molar-refractivity contribution in [2.75, 3.05) is 19.6 Å². The smallest absolute Gasteiger partial charge is 0.188 e. The van der Waals surface area contributed by atoms with Crippen LogP contribution in [0.1, 0.15) is 49.7 Å². The lowest BCUT2D eigenvalue weighted by Crippen LogP contribution is -2.17. The van der Waals surface area contributed by atoms with Crippen LogP contribution in [0.2, 0.25) is 0 Å². The summed E-state index contributed by atoms with van der Waals surface area (Å²) < 4.78 is 25.2. The van der Waals surface area contributed by atoms with Gasteiger partial charge in [0.15, 0.2) is 5.90 Å². The summed E-state index contributed by atoms with van der Waals surface area (Å²) in [7, 11) is 1.59. The third-order valence-corrected chi connectivity index (χ3v) is 4.32. The normalized spacial score (nSPS) is 16.9. The molecule has 1 aromatic carbocycles. The van der Waals surface area contributed by atoms with Gasteiger partial charge < -0.3 is 9.47 Å². The summed E-state index contributed by atoms with van der Waals surface area (Å²) in [4.78, 5) is 0. The van der Waals surface area contributed by atoms with Gasteiger partial charge in [0.05, 0.1) is 19.6 Å². The summed E-state index contributed by atoms with van der Waals surface area (Å²) in [6.07, 6.45) is 2.57. The minimum absolute atomic E-state index is 0.187. The third kappa shape index (κ3) is 3.72. The molecule has 3 nitrogen and oxygen atoms in total. The van der Waals surface area contributed by atoms with Gasteiger partial charge in [-0.2, -0.15) is 0 Å². The summed E-state index contributed by atoms with van der Waals surface area (Å²) in [5, 5.41) is 8.16. The molecule has 0 amide bonds. The van der Waals surface area contributed by atoms with Gasteiger partial charge in [-0.25, -0.2) is 4.39 Å². The first-order valence-electron chi connectivity index (χ1n) is 7.70. The molecule has 0 saturated heterocycles. The molecule has 1 unspecified atom stereocenters. The Morgan fingerprint density at radius 1 is 1.45 bits per heavy atom. The molecule has 1 fully saturated rings. The molecule has 0 spiro atoms. The Kier molecular flexibility index (Phi) is 5.68. The van der Waals surface area contributed by atoms with E-state index in [2.05, 4.69) is 0 Å². The summed E-state index contributed by atoms with van der Waals surface area (Å²) in [5.74, 6) is 1.12. The van der Waals surface area contributed by atoms with Gasteiger partial charge in [0.25, 0.3) is 0 Å². The molecule has 5 heteroatoms. The molecule has 0 radical (unpaired) electrons. The minimum Gasteiger partial charge on any atom is -0.496 e. The second-order valence-corrected chi connectivity index (χ2v) is 5.98. The molecular formula is C17H23ClFNO2. The molecule has 1 atom stereocenters. The average molecular weight is 328 g/mol. The molecule has 1 aromatic rings. The third-order valence-electron chi connectivity index (χ3n) is 4.05. The monoisotopic (exact) mass is 327 g/mol. The van der Waals surface area contributed by atoms with Crippen LogP contribution >= 0.6 is 11.6 Å². The molecule has 22 heavy (non-hydrogen) atoms. The van der Waals surface area contributed by atoms with Crippen LogP contribution in [0, 0.1) is 5.41 Å². The Morgan fingerprint density at radius 2 is 2.18 bits per heavy atom. The predicted octanol–water partition coefficient (Wildman–Crippen LogP) is 4.77. The molecule has 0 heterocycles. The highest BCUT2D eigenvalue weighted by molar-refractivity contribution is 6.17. The summed E-state index contributed by atoms with van der Waals surface area (Å²) >= 11 is 5.80. The fraction of sp³-hybridized carbons (Fsp3) is 0.588. The highest BCUT2D eigenvalue weighted by Crippen LogP contribution is 2.50. The number of alkyl halides is 2. The number of nitrogens with one attached hydrogen (secondary N) is 1. The SMILES string of the molecule is CCOC(=N)C(CCCCl)c1cc(C2(F)CC2)ccc1OC. The fourth-order valence-corrected chi connectivity index (χ4v) is 2.80. The standard InChI is InChI=1S/C17H23ClFNO2/c1-3-22-16(20)13(5-4-10-18)14-11-12(17(19)8-9-17)6-7-15(14)21-2/h6-7,11,13,20H,3-5,8-10H2,1-2H3. The molecule has 122 valence electrons. The first kappa shape index (κ1) is 17.1. The zero-order chi connectivity index (χ0) is 16.2. The van der Waals surface area contributed by atoms with Gasteiger partial charge in [-0.05, 0) is 50.3 Å². The predicted molar refractivity (Wildman–Crippen MR) is 87.1 cm³/mol. The van der Waals surface area contributed by atoms with Crippen molar-refractivity contribution < 1.29 is 13.9 Å². The van der Waals surface area contributed by atoms with Crippen molar-refractivity contribution in [1.29, 1.82) is 5.41 Å². The fourth-order valence-electron chi connectivity index (χ4n) is 2.65. The number of ether oxygens (including phenoxy) is 2. The molecule has 1 saturated carbocycles. The quantitative estimate of drug-likeness (QED) is 0.424. The van der Waals surface area contributed by atoms with E-state index in [0.29, 0.717) is 43.1 Å². The van der Waals surface area contributed by atoms with E-state index in [4.69, 9.17) is 26.5 Å². The molecule has 2 rings (SSSR count). The van der Waals surface area contributed by atoms with Crippen LogP contribution in [0.25, 0.3) is 0 Å². The van der Waals surface area contributed by atoms with Gasteiger partial charge in [-0.3, -0.25) is 5.41 Å². The van der Waals surface area contributed by atoms with E-state index in [1.165, 1.54) is 0 Å². The first-order valence-corrected chi connectivity index (χ1v) is 8.23. The Labute approximate surface area is 136 Å². The molecule has 1 N–H and O–H groups in total. The number of rotatable bonds is 8. The van der Waals surface area contributed by atoms with Crippen molar-refractivity contribution in [3.8, 4) is 5.75 Å². The number of hydrogen-bond acceptors (Lipinski definition) is 3. The van der Waals surface area contributed by atoms with E-state index < -0.39 is 5.67 Å². The van der Waals surface area contributed by atoms with Crippen LogP contribution < -0.4 is 4.74 Å². The second-order valence-electron chi connectivity index (χ2n) is 5.60. The number of halogens is 2. The van der Waals surface area contributed by atoms with Crippen LogP contribution in [0.3, 0.4) is 0 Å². The Hall–Kier alpha value is -1.29. The van der Waals surface area contributed by atoms with Gasteiger partial charge in [0.1, 0.15) is 11.4 Å². The van der Waals surface area contributed by atoms with Crippen LogP contribution in [-0.2, 0) is 10.4 Å². The number of benzene rings is 1. The Balaban J connectivity index is 2.36. The van der Waals surface area contributed by atoms with Crippen molar-refractivity contribution in [3.63, 3.8) is 0 Å². The van der Waals surface area contributed by atoms with E-state index >= 15 is 0 Å². The maximum absolute atomic E-state index is 14.4. The van der Waals surface area contributed by atoms with E-state index in [1.54, 1.807) is 19.2 Å². The highest BCUT2D eigenvalue weighted by atomic mass is 35.5. The average Bonchev–Trinajstić information content (AvgIpc) is 3.27. The maximum Gasteiger partial charge on any atom is 0.188 e. The Morgan fingerprint density at radius 3 is 2.73 bits per heavy atom. The summed E-state index contributed by atoms with van der Waals surface area (Å²) in [6.45, 7) is 2.28. The summed E-state index contributed by atoms with van der Waals surface area (Å²) in [5.41, 5.74) is 0.280. The zero-order valence-corrected chi connectivity index (χ0v) is 13.9.